The van der Waals surface area contributed by atoms with Gasteiger partial charge in [-0.25, -0.2) is 0 Å². The molecule has 0 spiro atoms. The summed E-state index contributed by atoms with van der Waals surface area (Å²) in [6.45, 7) is 4.46. The Balaban J connectivity index is 1.53. The van der Waals surface area contributed by atoms with Gasteiger partial charge in [-0.1, -0.05) is 84.4 Å². The van der Waals surface area contributed by atoms with Gasteiger partial charge in [0.15, 0.2) is 11.5 Å². The van der Waals surface area contributed by atoms with Crippen LogP contribution in [0.5, 0.6) is 11.5 Å². The lowest BCUT2D eigenvalue weighted by molar-refractivity contribution is -0.139. The number of aryl methyl sites for hydroxylation is 2. The van der Waals surface area contributed by atoms with Crippen LogP contribution in [0, 0.1) is 13.8 Å². The van der Waals surface area contributed by atoms with Gasteiger partial charge in [0, 0.05) is 18.3 Å². The average molecular weight is 507 g/mol. The summed E-state index contributed by atoms with van der Waals surface area (Å²) in [5.74, 6) is 0.775. The van der Waals surface area contributed by atoms with Crippen molar-refractivity contribution in [2.24, 2.45) is 0 Å². The van der Waals surface area contributed by atoms with Crippen LogP contribution in [0.2, 0.25) is 0 Å². The van der Waals surface area contributed by atoms with Crippen molar-refractivity contribution in [3.8, 4) is 11.5 Å². The molecular formula is C32H30N2O4. The van der Waals surface area contributed by atoms with Gasteiger partial charge in [-0.05, 0) is 48.2 Å². The molecule has 2 amide bonds. The van der Waals surface area contributed by atoms with Crippen molar-refractivity contribution < 1.29 is 19.1 Å². The number of fused-ring (bicyclic) bond motifs is 1. The highest BCUT2D eigenvalue weighted by Crippen LogP contribution is 2.35. The second-order valence-corrected chi connectivity index (χ2v) is 9.48. The highest BCUT2D eigenvalue weighted by molar-refractivity contribution is 5.98. The van der Waals surface area contributed by atoms with E-state index in [1.165, 1.54) is 0 Å². The maximum atomic E-state index is 14.0. The molecule has 0 saturated carbocycles. The van der Waals surface area contributed by atoms with Gasteiger partial charge in [0.2, 0.25) is 12.7 Å². The predicted octanol–water partition coefficient (Wildman–Crippen LogP) is 5.98. The van der Waals surface area contributed by atoms with Crippen LogP contribution in [0.1, 0.15) is 33.9 Å². The number of benzene rings is 4. The minimum absolute atomic E-state index is 0.133. The Morgan fingerprint density at radius 2 is 1.55 bits per heavy atom. The van der Waals surface area contributed by atoms with Gasteiger partial charge in [-0.2, -0.15) is 0 Å². The molecule has 6 nitrogen and oxygen atoms in total. The van der Waals surface area contributed by atoms with E-state index in [0.717, 1.165) is 27.8 Å². The molecular weight excluding hydrogens is 476 g/mol. The molecule has 1 atom stereocenters. The lowest BCUT2D eigenvalue weighted by Gasteiger charge is -2.32. The fraction of sp³-hybridized carbons (Fsp3) is 0.188. The molecule has 5 rings (SSSR count). The smallest absolute Gasteiger partial charge is 0.251 e. The Kier molecular flexibility index (Phi) is 7.40. The summed E-state index contributed by atoms with van der Waals surface area (Å²) in [4.78, 5) is 29.6. The van der Waals surface area contributed by atoms with E-state index < -0.39 is 6.04 Å². The van der Waals surface area contributed by atoms with E-state index in [4.69, 9.17) is 9.47 Å². The first-order valence-electron chi connectivity index (χ1n) is 12.6. The van der Waals surface area contributed by atoms with Crippen molar-refractivity contribution in [2.45, 2.75) is 32.9 Å². The summed E-state index contributed by atoms with van der Waals surface area (Å²) in [6, 6.07) is 29.7. The first kappa shape index (κ1) is 25.1. The lowest BCUT2D eigenvalue weighted by Crippen LogP contribution is -2.41. The minimum Gasteiger partial charge on any atom is -0.454 e. The molecule has 38 heavy (non-hydrogen) atoms. The summed E-state index contributed by atoms with van der Waals surface area (Å²) >= 11 is 0. The van der Waals surface area contributed by atoms with Gasteiger partial charge in [-0.15, -0.1) is 0 Å². The number of carbonyl (C=O) groups is 2. The Morgan fingerprint density at radius 1 is 0.842 bits per heavy atom. The zero-order valence-electron chi connectivity index (χ0n) is 21.5. The van der Waals surface area contributed by atoms with Crippen LogP contribution >= 0.6 is 0 Å². The van der Waals surface area contributed by atoms with Crippen LogP contribution in [0.25, 0.3) is 0 Å². The first-order valence-corrected chi connectivity index (χ1v) is 12.6. The van der Waals surface area contributed by atoms with Crippen LogP contribution in [0.4, 0.5) is 5.69 Å². The van der Waals surface area contributed by atoms with Gasteiger partial charge in [0.05, 0.1) is 6.42 Å². The molecule has 4 aromatic carbocycles. The fourth-order valence-electron chi connectivity index (χ4n) is 4.57. The number of hydrogen-bond acceptors (Lipinski definition) is 4. The van der Waals surface area contributed by atoms with Crippen LogP contribution in [-0.2, 0) is 22.6 Å². The molecule has 0 bridgehead atoms. The largest absolute Gasteiger partial charge is 0.454 e. The third-order valence-corrected chi connectivity index (χ3v) is 6.71. The van der Waals surface area contributed by atoms with Crippen molar-refractivity contribution in [3.05, 3.63) is 125 Å². The van der Waals surface area contributed by atoms with E-state index in [-0.39, 0.29) is 25.0 Å². The molecule has 0 radical (unpaired) electrons. The lowest BCUT2D eigenvalue weighted by atomic mass is 9.99. The summed E-state index contributed by atoms with van der Waals surface area (Å²) in [6.07, 6.45) is 0.187. The zero-order valence-corrected chi connectivity index (χ0v) is 21.5. The maximum absolute atomic E-state index is 14.0. The van der Waals surface area contributed by atoms with Gasteiger partial charge < -0.3 is 19.7 Å². The van der Waals surface area contributed by atoms with Gasteiger partial charge in [0.25, 0.3) is 5.91 Å². The average Bonchev–Trinajstić information content (AvgIpc) is 3.39. The summed E-state index contributed by atoms with van der Waals surface area (Å²) in [5, 5.41) is 3.02. The molecule has 0 aliphatic carbocycles. The molecule has 0 fully saturated rings. The van der Waals surface area contributed by atoms with Crippen molar-refractivity contribution in [1.29, 1.82) is 0 Å². The molecule has 1 aliphatic rings. The third-order valence-electron chi connectivity index (χ3n) is 6.71. The van der Waals surface area contributed by atoms with Crippen molar-refractivity contribution in [2.75, 3.05) is 12.1 Å². The molecule has 1 unspecified atom stereocenters. The van der Waals surface area contributed by atoms with E-state index in [1.807, 2.05) is 92.7 Å². The molecule has 1 N–H and O–H groups in total. The second-order valence-electron chi connectivity index (χ2n) is 9.48. The number of ether oxygens (including phenoxy) is 2. The van der Waals surface area contributed by atoms with E-state index >= 15 is 0 Å². The van der Waals surface area contributed by atoms with E-state index in [0.29, 0.717) is 23.7 Å². The van der Waals surface area contributed by atoms with E-state index in [1.54, 1.807) is 23.1 Å². The highest BCUT2D eigenvalue weighted by Gasteiger charge is 2.32. The summed E-state index contributed by atoms with van der Waals surface area (Å²) in [7, 11) is 0. The monoisotopic (exact) mass is 506 g/mol. The SMILES string of the molecule is Cc1ccc(C(C(=O)Nc2ccc3c(c2)OCO3)N(Cc2ccccc2C)C(=O)Cc2ccccc2)cc1. The maximum Gasteiger partial charge on any atom is 0.251 e. The second kappa shape index (κ2) is 11.2. The van der Waals surface area contributed by atoms with Crippen LogP contribution in [0.15, 0.2) is 97.1 Å². The normalized spacial score (nSPS) is 12.6. The van der Waals surface area contributed by atoms with Gasteiger partial charge in [-0.3, -0.25) is 9.59 Å². The van der Waals surface area contributed by atoms with Crippen molar-refractivity contribution in [3.63, 3.8) is 0 Å². The molecule has 1 heterocycles. The number of nitrogens with one attached hydrogen (secondary N) is 1. The molecule has 4 aromatic rings. The molecule has 6 heteroatoms. The molecule has 0 aromatic heterocycles. The van der Waals surface area contributed by atoms with Gasteiger partial charge in [0.1, 0.15) is 6.04 Å². The minimum atomic E-state index is -0.850. The van der Waals surface area contributed by atoms with E-state index in [9.17, 15) is 9.59 Å². The van der Waals surface area contributed by atoms with Crippen molar-refractivity contribution in [1.82, 2.24) is 4.90 Å². The third kappa shape index (κ3) is 5.70. The quantitative estimate of drug-likeness (QED) is 0.319. The Hall–Kier alpha value is -4.58. The molecule has 192 valence electrons. The number of carbonyl (C=O) groups excluding carboxylic acids is 2. The predicted molar refractivity (Wildman–Crippen MR) is 147 cm³/mol. The van der Waals surface area contributed by atoms with Gasteiger partial charge >= 0.3 is 0 Å². The number of rotatable bonds is 8. The molecule has 1 aliphatic heterocycles. The number of amides is 2. The number of anilines is 1. The van der Waals surface area contributed by atoms with Crippen LogP contribution in [-0.4, -0.2) is 23.5 Å². The zero-order chi connectivity index (χ0) is 26.5. The van der Waals surface area contributed by atoms with E-state index in [2.05, 4.69) is 5.32 Å². The van der Waals surface area contributed by atoms with Crippen LogP contribution < -0.4 is 14.8 Å². The fourth-order valence-corrected chi connectivity index (χ4v) is 4.57. The van der Waals surface area contributed by atoms with Crippen molar-refractivity contribution >= 4 is 17.5 Å². The number of nitrogens with zero attached hydrogens (tertiary/aromatic N) is 1. The summed E-state index contributed by atoms with van der Waals surface area (Å²) < 4.78 is 10.9. The summed E-state index contributed by atoms with van der Waals surface area (Å²) in [5.41, 5.74) is 5.33. The highest BCUT2D eigenvalue weighted by atomic mass is 16.7. The first-order chi connectivity index (χ1) is 18.5. The van der Waals surface area contributed by atoms with Crippen LogP contribution in [0.3, 0.4) is 0 Å². The Morgan fingerprint density at radius 3 is 2.32 bits per heavy atom. The topological polar surface area (TPSA) is 67.9 Å². The standard InChI is InChI=1S/C32H30N2O4/c1-22-12-14-25(15-13-22)31(32(36)33-27-16-17-28-29(19-27)38-21-37-28)34(20-26-11-7-6-8-23(26)2)30(35)18-24-9-4-3-5-10-24/h3-17,19,31H,18,20-21H2,1-2H3,(H,33,36). The molecule has 0 saturated heterocycles. The Labute approximate surface area is 222 Å². The Bertz CT molecular complexity index is 1430. The number of hydrogen-bond donors (Lipinski definition) is 1.